The lowest BCUT2D eigenvalue weighted by molar-refractivity contribution is 0.436. The second kappa shape index (κ2) is 6.19. The van der Waals surface area contributed by atoms with Crippen molar-refractivity contribution in [2.75, 3.05) is 18.0 Å². The summed E-state index contributed by atoms with van der Waals surface area (Å²) < 4.78 is 13.2. The van der Waals surface area contributed by atoms with Crippen LogP contribution in [-0.4, -0.2) is 23.3 Å². The van der Waals surface area contributed by atoms with Crippen molar-refractivity contribution in [1.29, 1.82) is 0 Å². The van der Waals surface area contributed by atoms with Crippen LogP contribution in [0.3, 0.4) is 0 Å². The van der Waals surface area contributed by atoms with Crippen LogP contribution in [0.2, 0.25) is 0 Å². The van der Waals surface area contributed by atoms with Gasteiger partial charge in [0.1, 0.15) is 11.5 Å². The number of benzene rings is 2. The predicted octanol–water partition coefficient (Wildman–Crippen LogP) is 4.67. The van der Waals surface area contributed by atoms with Crippen LogP contribution in [-0.2, 0) is 0 Å². The summed E-state index contributed by atoms with van der Waals surface area (Å²) in [6.45, 7) is 4.35. The average molecular weight is 321 g/mol. The summed E-state index contributed by atoms with van der Waals surface area (Å²) in [6, 6.07) is 14.7. The molecular weight excluding hydrogens is 301 g/mol. The quantitative estimate of drug-likeness (QED) is 0.686. The molecule has 1 aliphatic rings. The van der Waals surface area contributed by atoms with Crippen molar-refractivity contribution < 1.29 is 4.39 Å². The standard InChI is InChI=1S/C20H20FN3/c1-14-10-12-24(13-11-14)20-18-5-3-2-4-17(18)19(22-23-20)15-6-8-16(21)9-7-15/h2-9,14H,10-13H2,1H3. The summed E-state index contributed by atoms with van der Waals surface area (Å²) in [6.07, 6.45) is 2.38. The van der Waals surface area contributed by atoms with Gasteiger partial charge in [0, 0.05) is 29.4 Å². The van der Waals surface area contributed by atoms with Gasteiger partial charge in [-0.05, 0) is 43.0 Å². The molecule has 0 spiro atoms. The summed E-state index contributed by atoms with van der Waals surface area (Å²) in [4.78, 5) is 2.34. The Hall–Kier alpha value is -2.49. The first kappa shape index (κ1) is 15.1. The lowest BCUT2D eigenvalue weighted by atomic mass is 9.98. The predicted molar refractivity (Wildman–Crippen MR) is 95.5 cm³/mol. The van der Waals surface area contributed by atoms with Gasteiger partial charge in [-0.15, -0.1) is 10.2 Å². The van der Waals surface area contributed by atoms with Gasteiger partial charge in [-0.2, -0.15) is 0 Å². The molecule has 3 aromatic rings. The van der Waals surface area contributed by atoms with Crippen molar-refractivity contribution in [3.63, 3.8) is 0 Å². The molecule has 0 aliphatic carbocycles. The molecule has 1 aliphatic heterocycles. The monoisotopic (exact) mass is 321 g/mol. The highest BCUT2D eigenvalue weighted by Gasteiger charge is 2.20. The molecular formula is C20H20FN3. The number of halogens is 1. The molecule has 1 aromatic heterocycles. The van der Waals surface area contributed by atoms with E-state index in [0.717, 1.165) is 46.9 Å². The van der Waals surface area contributed by atoms with E-state index < -0.39 is 0 Å². The molecule has 3 nitrogen and oxygen atoms in total. The second-order valence-corrected chi connectivity index (χ2v) is 6.59. The van der Waals surface area contributed by atoms with Gasteiger partial charge in [0.25, 0.3) is 0 Å². The number of nitrogens with zero attached hydrogens (tertiary/aromatic N) is 3. The van der Waals surface area contributed by atoms with Crippen LogP contribution in [0.25, 0.3) is 22.0 Å². The maximum Gasteiger partial charge on any atom is 0.159 e. The number of aromatic nitrogens is 2. The highest BCUT2D eigenvalue weighted by molar-refractivity contribution is 6.00. The van der Waals surface area contributed by atoms with Gasteiger partial charge < -0.3 is 4.90 Å². The molecule has 0 saturated carbocycles. The van der Waals surface area contributed by atoms with E-state index in [1.54, 1.807) is 12.1 Å². The average Bonchev–Trinajstić information content (AvgIpc) is 2.62. The molecule has 0 bridgehead atoms. The highest BCUT2D eigenvalue weighted by Crippen LogP contribution is 2.32. The molecule has 122 valence electrons. The van der Waals surface area contributed by atoms with Crippen molar-refractivity contribution in [2.24, 2.45) is 5.92 Å². The van der Waals surface area contributed by atoms with E-state index in [-0.39, 0.29) is 5.82 Å². The molecule has 0 unspecified atom stereocenters. The topological polar surface area (TPSA) is 29.0 Å². The Bertz CT molecular complexity index is 852. The molecule has 1 fully saturated rings. The van der Waals surface area contributed by atoms with Gasteiger partial charge in [-0.1, -0.05) is 31.2 Å². The minimum atomic E-state index is -0.241. The van der Waals surface area contributed by atoms with Gasteiger partial charge in [0.15, 0.2) is 5.82 Å². The normalized spacial score (nSPS) is 15.8. The van der Waals surface area contributed by atoms with E-state index >= 15 is 0 Å². The molecule has 0 amide bonds. The first-order valence-electron chi connectivity index (χ1n) is 8.48. The van der Waals surface area contributed by atoms with Crippen LogP contribution in [0.15, 0.2) is 48.5 Å². The van der Waals surface area contributed by atoms with Gasteiger partial charge in [-0.25, -0.2) is 4.39 Å². The second-order valence-electron chi connectivity index (χ2n) is 6.59. The van der Waals surface area contributed by atoms with Gasteiger partial charge in [0.05, 0.1) is 0 Å². The fourth-order valence-electron chi connectivity index (χ4n) is 3.36. The molecule has 0 N–H and O–H groups in total. The van der Waals surface area contributed by atoms with Crippen LogP contribution in [0, 0.1) is 11.7 Å². The van der Waals surface area contributed by atoms with Gasteiger partial charge >= 0.3 is 0 Å². The zero-order valence-electron chi connectivity index (χ0n) is 13.7. The Kier molecular flexibility index (Phi) is 3.89. The molecule has 2 aromatic carbocycles. The molecule has 0 atom stereocenters. The van der Waals surface area contributed by atoms with Crippen molar-refractivity contribution in [3.05, 3.63) is 54.3 Å². The van der Waals surface area contributed by atoms with Crippen molar-refractivity contribution in [3.8, 4) is 11.3 Å². The molecule has 0 radical (unpaired) electrons. The Labute approximate surface area is 141 Å². The smallest absolute Gasteiger partial charge is 0.159 e. The number of piperidine rings is 1. The van der Waals surface area contributed by atoms with E-state index in [0.29, 0.717) is 0 Å². The fourth-order valence-corrected chi connectivity index (χ4v) is 3.36. The number of anilines is 1. The molecule has 4 rings (SSSR count). The van der Waals surface area contributed by atoms with Crippen LogP contribution >= 0.6 is 0 Å². The molecule has 4 heteroatoms. The minimum absolute atomic E-state index is 0.241. The highest BCUT2D eigenvalue weighted by atomic mass is 19.1. The van der Waals surface area contributed by atoms with E-state index in [2.05, 4.69) is 34.2 Å². The first-order chi connectivity index (χ1) is 11.7. The largest absolute Gasteiger partial charge is 0.355 e. The summed E-state index contributed by atoms with van der Waals surface area (Å²) in [5.74, 6) is 1.50. The SMILES string of the molecule is CC1CCN(c2nnc(-c3ccc(F)cc3)c3ccccc23)CC1. The molecule has 2 heterocycles. The molecule has 1 saturated heterocycles. The lowest BCUT2D eigenvalue weighted by Gasteiger charge is -2.31. The third-order valence-corrected chi connectivity index (χ3v) is 4.87. The Morgan fingerprint density at radius 3 is 2.29 bits per heavy atom. The molecule has 24 heavy (non-hydrogen) atoms. The number of fused-ring (bicyclic) bond motifs is 1. The van der Waals surface area contributed by atoms with Crippen LogP contribution in [0.1, 0.15) is 19.8 Å². The van der Waals surface area contributed by atoms with E-state index in [1.807, 2.05) is 12.1 Å². The summed E-state index contributed by atoms with van der Waals surface area (Å²) in [5.41, 5.74) is 1.69. The van der Waals surface area contributed by atoms with Crippen molar-refractivity contribution >= 4 is 16.6 Å². The zero-order chi connectivity index (χ0) is 16.5. The van der Waals surface area contributed by atoms with Crippen LogP contribution in [0.4, 0.5) is 10.2 Å². The third-order valence-electron chi connectivity index (χ3n) is 4.87. The van der Waals surface area contributed by atoms with Crippen molar-refractivity contribution in [2.45, 2.75) is 19.8 Å². The summed E-state index contributed by atoms with van der Waals surface area (Å²) >= 11 is 0. The minimum Gasteiger partial charge on any atom is -0.355 e. The fraction of sp³-hybridized carbons (Fsp3) is 0.300. The third kappa shape index (κ3) is 2.73. The Morgan fingerprint density at radius 1 is 0.917 bits per heavy atom. The number of hydrogen-bond donors (Lipinski definition) is 0. The summed E-state index contributed by atoms with van der Waals surface area (Å²) in [7, 11) is 0. The Balaban J connectivity index is 1.81. The van der Waals surface area contributed by atoms with Crippen LogP contribution < -0.4 is 4.90 Å². The summed E-state index contributed by atoms with van der Waals surface area (Å²) in [5, 5.41) is 11.2. The number of rotatable bonds is 2. The van der Waals surface area contributed by atoms with E-state index in [1.165, 1.54) is 25.0 Å². The van der Waals surface area contributed by atoms with Gasteiger partial charge in [0.2, 0.25) is 0 Å². The first-order valence-corrected chi connectivity index (χ1v) is 8.48. The van der Waals surface area contributed by atoms with Crippen LogP contribution in [0.5, 0.6) is 0 Å². The number of hydrogen-bond acceptors (Lipinski definition) is 3. The van der Waals surface area contributed by atoms with E-state index in [9.17, 15) is 4.39 Å². The lowest BCUT2D eigenvalue weighted by Crippen LogP contribution is -2.33. The Morgan fingerprint density at radius 2 is 1.58 bits per heavy atom. The maximum absolute atomic E-state index is 13.2. The zero-order valence-corrected chi connectivity index (χ0v) is 13.7. The van der Waals surface area contributed by atoms with Crippen molar-refractivity contribution in [1.82, 2.24) is 10.2 Å². The van der Waals surface area contributed by atoms with Gasteiger partial charge in [-0.3, -0.25) is 0 Å². The van der Waals surface area contributed by atoms with E-state index in [4.69, 9.17) is 0 Å². The maximum atomic E-state index is 13.2.